The van der Waals surface area contributed by atoms with Crippen LogP contribution in [-0.2, 0) is 7.05 Å². The number of hydrogen-bond donors (Lipinski definition) is 0. The molecule has 2 aromatic carbocycles. The van der Waals surface area contributed by atoms with Crippen molar-refractivity contribution in [3.8, 4) is 16.9 Å². The third-order valence-electron chi connectivity index (χ3n) is 5.56. The van der Waals surface area contributed by atoms with E-state index in [0.29, 0.717) is 5.92 Å². The van der Waals surface area contributed by atoms with Crippen LogP contribution in [0.3, 0.4) is 0 Å². The molecule has 4 rings (SSSR count). The molecule has 1 heterocycles. The van der Waals surface area contributed by atoms with E-state index < -0.39 is 8.80 Å². The van der Waals surface area contributed by atoms with Gasteiger partial charge in [0.05, 0.1) is 15.4 Å². The fourth-order valence-corrected chi connectivity index (χ4v) is 4.63. The first-order valence-corrected chi connectivity index (χ1v) is 12.0. The zero-order valence-electron chi connectivity index (χ0n) is 16.3. The number of fused-ring (bicyclic) bond motifs is 1. The highest BCUT2D eigenvalue weighted by atomic mass is 28.3. The second kappa shape index (κ2) is 7.35. The number of benzene rings is 2. The summed E-state index contributed by atoms with van der Waals surface area (Å²) in [5.41, 5.74) is 2.23. The van der Waals surface area contributed by atoms with Gasteiger partial charge in [-0.15, -0.1) is 0 Å². The van der Waals surface area contributed by atoms with E-state index in [9.17, 15) is 4.79 Å². The molecule has 1 aliphatic rings. The molecule has 0 N–H and O–H groups in total. The van der Waals surface area contributed by atoms with Crippen LogP contribution in [0.5, 0.6) is 5.75 Å². The molecule has 0 saturated heterocycles. The van der Waals surface area contributed by atoms with Crippen LogP contribution in [-0.4, -0.2) is 20.0 Å². The van der Waals surface area contributed by atoms with Crippen molar-refractivity contribution in [1.29, 1.82) is 0 Å². The SMILES string of the molecule is CC[Si](C)c1ccc(OCC2CC2)c(-c2cn(C)c(=O)c3ccccc23)c1. The van der Waals surface area contributed by atoms with E-state index >= 15 is 0 Å². The minimum Gasteiger partial charge on any atom is -0.493 e. The Balaban J connectivity index is 1.91. The van der Waals surface area contributed by atoms with Crippen molar-refractivity contribution in [2.45, 2.75) is 32.4 Å². The monoisotopic (exact) mass is 376 g/mol. The summed E-state index contributed by atoms with van der Waals surface area (Å²) in [5, 5.41) is 3.16. The van der Waals surface area contributed by atoms with Crippen molar-refractivity contribution in [3.05, 3.63) is 59.0 Å². The van der Waals surface area contributed by atoms with Gasteiger partial charge in [-0.25, -0.2) is 0 Å². The summed E-state index contributed by atoms with van der Waals surface area (Å²) in [6.07, 6.45) is 4.50. The minimum atomic E-state index is -0.565. The first kappa shape index (κ1) is 18.0. The summed E-state index contributed by atoms with van der Waals surface area (Å²) in [7, 11) is 1.26. The molecule has 0 unspecified atom stereocenters. The molecule has 1 aromatic heterocycles. The van der Waals surface area contributed by atoms with Gasteiger partial charge in [-0.05, 0) is 36.3 Å². The van der Waals surface area contributed by atoms with Crippen LogP contribution in [0.4, 0.5) is 0 Å². The van der Waals surface area contributed by atoms with Gasteiger partial charge in [0.25, 0.3) is 5.56 Å². The molecule has 1 fully saturated rings. The number of hydrogen-bond acceptors (Lipinski definition) is 2. The molecule has 139 valence electrons. The van der Waals surface area contributed by atoms with Crippen LogP contribution >= 0.6 is 0 Å². The molecule has 27 heavy (non-hydrogen) atoms. The van der Waals surface area contributed by atoms with E-state index in [0.717, 1.165) is 34.3 Å². The van der Waals surface area contributed by atoms with Crippen LogP contribution < -0.4 is 15.5 Å². The van der Waals surface area contributed by atoms with E-state index in [-0.39, 0.29) is 5.56 Å². The zero-order valence-corrected chi connectivity index (χ0v) is 17.3. The number of aryl methyl sites for hydroxylation is 1. The van der Waals surface area contributed by atoms with Crippen LogP contribution in [0.15, 0.2) is 53.5 Å². The van der Waals surface area contributed by atoms with Crippen molar-refractivity contribution in [2.24, 2.45) is 13.0 Å². The lowest BCUT2D eigenvalue weighted by Crippen LogP contribution is -2.25. The molecule has 0 aliphatic heterocycles. The van der Waals surface area contributed by atoms with E-state index in [1.165, 1.54) is 24.1 Å². The predicted octanol–water partition coefficient (Wildman–Crippen LogP) is 4.35. The average Bonchev–Trinajstić information content (AvgIpc) is 3.53. The lowest BCUT2D eigenvalue weighted by atomic mass is 10.00. The van der Waals surface area contributed by atoms with Gasteiger partial charge in [0.15, 0.2) is 0 Å². The smallest absolute Gasteiger partial charge is 0.258 e. The van der Waals surface area contributed by atoms with Crippen LogP contribution in [0.2, 0.25) is 12.6 Å². The zero-order chi connectivity index (χ0) is 19.0. The van der Waals surface area contributed by atoms with Crippen LogP contribution in [0.25, 0.3) is 21.9 Å². The van der Waals surface area contributed by atoms with Gasteiger partial charge in [0, 0.05) is 29.8 Å². The lowest BCUT2D eigenvalue weighted by Gasteiger charge is -2.17. The summed E-state index contributed by atoms with van der Waals surface area (Å²) >= 11 is 0. The summed E-state index contributed by atoms with van der Waals surface area (Å²) in [5.74, 6) is 1.64. The summed E-state index contributed by atoms with van der Waals surface area (Å²) in [4.78, 5) is 12.6. The Labute approximate surface area is 162 Å². The fourth-order valence-electron chi connectivity index (χ4n) is 3.46. The summed E-state index contributed by atoms with van der Waals surface area (Å²) in [6, 6.07) is 15.7. The first-order valence-electron chi connectivity index (χ1n) is 9.77. The van der Waals surface area contributed by atoms with E-state index in [1.54, 1.807) is 4.57 Å². The molecular weight excluding hydrogens is 350 g/mol. The van der Waals surface area contributed by atoms with Crippen molar-refractivity contribution >= 4 is 24.8 Å². The topological polar surface area (TPSA) is 31.2 Å². The number of pyridine rings is 1. The maximum Gasteiger partial charge on any atom is 0.258 e. The molecule has 1 saturated carbocycles. The molecule has 0 amide bonds. The van der Waals surface area contributed by atoms with Crippen LogP contribution in [0, 0.1) is 5.92 Å². The predicted molar refractivity (Wildman–Crippen MR) is 115 cm³/mol. The Bertz CT molecular complexity index is 1040. The number of ether oxygens (including phenoxy) is 1. The Hall–Kier alpha value is -2.33. The second-order valence-electron chi connectivity index (χ2n) is 7.60. The van der Waals surface area contributed by atoms with Gasteiger partial charge in [-0.1, -0.05) is 55.0 Å². The first-order chi connectivity index (χ1) is 13.1. The Morgan fingerprint density at radius 3 is 2.56 bits per heavy atom. The molecule has 1 radical (unpaired) electrons. The van der Waals surface area contributed by atoms with Crippen LogP contribution in [0.1, 0.15) is 19.8 Å². The molecular formula is C23H26NO2Si. The second-order valence-corrected chi connectivity index (χ2v) is 10.4. The Morgan fingerprint density at radius 1 is 1.11 bits per heavy atom. The maximum absolute atomic E-state index is 12.6. The van der Waals surface area contributed by atoms with Gasteiger partial charge in [0.2, 0.25) is 0 Å². The summed E-state index contributed by atoms with van der Waals surface area (Å²) < 4.78 is 7.91. The molecule has 0 atom stereocenters. The van der Waals surface area contributed by atoms with Gasteiger partial charge in [-0.2, -0.15) is 0 Å². The largest absolute Gasteiger partial charge is 0.493 e. The van der Waals surface area contributed by atoms with Crippen molar-refractivity contribution in [1.82, 2.24) is 4.57 Å². The van der Waals surface area contributed by atoms with Gasteiger partial charge in [0.1, 0.15) is 5.75 Å². The molecule has 3 aromatic rings. The summed E-state index contributed by atoms with van der Waals surface area (Å²) in [6.45, 7) is 5.40. The van der Waals surface area contributed by atoms with Crippen molar-refractivity contribution < 1.29 is 4.74 Å². The third-order valence-corrected chi connectivity index (χ3v) is 7.91. The van der Waals surface area contributed by atoms with Gasteiger partial charge < -0.3 is 9.30 Å². The lowest BCUT2D eigenvalue weighted by molar-refractivity contribution is 0.301. The molecule has 0 bridgehead atoms. The number of nitrogens with zero attached hydrogens (tertiary/aromatic N) is 1. The highest BCUT2D eigenvalue weighted by molar-refractivity contribution is 6.72. The molecule has 3 nitrogen and oxygen atoms in total. The molecule has 4 heteroatoms. The third kappa shape index (κ3) is 3.59. The molecule has 0 spiro atoms. The highest BCUT2D eigenvalue weighted by Crippen LogP contribution is 2.36. The normalized spacial score (nSPS) is 14.1. The highest BCUT2D eigenvalue weighted by Gasteiger charge is 2.23. The number of aromatic nitrogens is 1. The van der Waals surface area contributed by atoms with Crippen molar-refractivity contribution in [3.63, 3.8) is 0 Å². The van der Waals surface area contributed by atoms with Gasteiger partial charge >= 0.3 is 0 Å². The van der Waals surface area contributed by atoms with E-state index in [1.807, 2.05) is 37.5 Å². The number of rotatable bonds is 6. The molecule has 1 aliphatic carbocycles. The minimum absolute atomic E-state index is 0.0414. The fraction of sp³-hybridized carbons (Fsp3) is 0.348. The Kier molecular flexibility index (Phi) is 4.92. The van der Waals surface area contributed by atoms with E-state index in [2.05, 4.69) is 31.7 Å². The standard InChI is InChI=1S/C23H26NO2Si/c1-4-27(3)17-11-12-22(26-15-16-9-10-16)20(13-17)21-14-24(2)23(25)19-8-6-5-7-18(19)21/h5-8,11-14,16H,4,9-10,15H2,1-3H3. The average molecular weight is 377 g/mol. The van der Waals surface area contributed by atoms with Crippen molar-refractivity contribution in [2.75, 3.05) is 6.61 Å². The Morgan fingerprint density at radius 2 is 1.85 bits per heavy atom. The quantitative estimate of drug-likeness (QED) is 0.599. The van der Waals surface area contributed by atoms with Gasteiger partial charge in [-0.3, -0.25) is 4.79 Å². The van der Waals surface area contributed by atoms with E-state index in [4.69, 9.17) is 4.74 Å². The maximum atomic E-state index is 12.6.